The van der Waals surface area contributed by atoms with Crippen LogP contribution in [0.4, 0.5) is 39.1 Å². The van der Waals surface area contributed by atoms with Crippen molar-refractivity contribution in [2.75, 3.05) is 36.1 Å². The van der Waals surface area contributed by atoms with Gasteiger partial charge < -0.3 is 20.9 Å². The number of hydrogen-bond donors (Lipinski definition) is 2. The number of fused-ring (bicyclic) bond motifs is 2. The number of carbonyl (C=O) groups excluding carboxylic acids is 1. The van der Waals surface area contributed by atoms with Crippen molar-refractivity contribution < 1.29 is 26.7 Å². The molecule has 0 radical (unpaired) electrons. The Morgan fingerprint density at radius 2 is 1.78 bits per heavy atom. The molecule has 2 aliphatic rings. The van der Waals surface area contributed by atoms with Crippen molar-refractivity contribution >= 4 is 23.1 Å². The Morgan fingerprint density at radius 3 is 2.41 bits per heavy atom. The second-order valence-corrected chi connectivity index (χ2v) is 9.51. The van der Waals surface area contributed by atoms with E-state index in [0.29, 0.717) is 36.1 Å². The van der Waals surface area contributed by atoms with Gasteiger partial charge in [0.2, 0.25) is 5.91 Å². The first kappa shape index (κ1) is 24.9. The van der Waals surface area contributed by atoms with Gasteiger partial charge >= 0.3 is 6.18 Å². The molecule has 1 fully saturated rings. The molecule has 2 aromatic carbocycles. The van der Waals surface area contributed by atoms with E-state index < -0.39 is 34.8 Å². The summed E-state index contributed by atoms with van der Waals surface area (Å²) in [5.74, 6) is -1.82. The number of likely N-dealkylation sites (tertiary alicyclic amines) is 1. The van der Waals surface area contributed by atoms with Crippen LogP contribution in [0.3, 0.4) is 0 Å². The number of halogens is 5. The average molecular weight is 518 g/mol. The second kappa shape index (κ2) is 8.65. The number of nitrogens with one attached hydrogen (secondary N) is 1. The fraction of sp³-hybridized carbons (Fsp3) is 0.320. The molecule has 1 aromatic heterocycles. The van der Waals surface area contributed by atoms with Crippen LogP contribution in [0.15, 0.2) is 42.7 Å². The predicted molar refractivity (Wildman–Crippen MR) is 127 cm³/mol. The third-order valence-electron chi connectivity index (χ3n) is 6.84. The first-order valence-electron chi connectivity index (χ1n) is 11.4. The second-order valence-electron chi connectivity index (χ2n) is 9.51. The van der Waals surface area contributed by atoms with Crippen molar-refractivity contribution in [1.82, 2.24) is 14.9 Å². The third kappa shape index (κ3) is 4.14. The van der Waals surface area contributed by atoms with Crippen LogP contribution in [0.25, 0.3) is 0 Å². The van der Waals surface area contributed by atoms with Gasteiger partial charge in [0.1, 0.15) is 29.2 Å². The van der Waals surface area contributed by atoms with Gasteiger partial charge in [0.05, 0.1) is 23.8 Å². The zero-order valence-corrected chi connectivity index (χ0v) is 19.9. The lowest BCUT2D eigenvalue weighted by Gasteiger charge is -2.51. The first-order valence-corrected chi connectivity index (χ1v) is 11.4. The number of amides is 1. The molecule has 7 nitrogen and oxygen atoms in total. The maximum atomic E-state index is 14.9. The van der Waals surface area contributed by atoms with Crippen molar-refractivity contribution in [3.8, 4) is 0 Å². The van der Waals surface area contributed by atoms with E-state index in [-0.39, 0.29) is 29.5 Å². The summed E-state index contributed by atoms with van der Waals surface area (Å²) in [6, 6.07) is 6.24. The highest BCUT2D eigenvalue weighted by atomic mass is 19.4. The number of nitrogens with zero attached hydrogens (tertiary/aromatic N) is 4. The number of likely N-dealkylation sites (N-methyl/N-ethyl adjacent to an activating group) is 1. The highest BCUT2D eigenvalue weighted by Gasteiger charge is 2.56. The lowest BCUT2D eigenvalue weighted by Crippen LogP contribution is -2.68. The van der Waals surface area contributed by atoms with E-state index in [0.717, 1.165) is 6.07 Å². The number of anilines is 3. The zero-order valence-electron chi connectivity index (χ0n) is 19.9. The molecule has 0 saturated carbocycles. The summed E-state index contributed by atoms with van der Waals surface area (Å²) < 4.78 is 68.5. The maximum Gasteiger partial charge on any atom is 0.419 e. The minimum absolute atomic E-state index is 0.0361. The van der Waals surface area contributed by atoms with Gasteiger partial charge in [-0.3, -0.25) is 4.79 Å². The molecule has 1 amide bonds. The molecule has 1 atom stereocenters. The van der Waals surface area contributed by atoms with E-state index in [9.17, 15) is 26.7 Å². The van der Waals surface area contributed by atoms with E-state index in [2.05, 4.69) is 15.3 Å². The van der Waals surface area contributed by atoms with Crippen molar-refractivity contribution in [3.05, 3.63) is 76.7 Å². The van der Waals surface area contributed by atoms with E-state index in [1.165, 1.54) is 42.4 Å². The Balaban J connectivity index is 1.56. The molecule has 3 N–H and O–H groups in total. The van der Waals surface area contributed by atoms with Gasteiger partial charge in [-0.25, -0.2) is 18.7 Å². The summed E-state index contributed by atoms with van der Waals surface area (Å²) in [4.78, 5) is 25.8. The highest BCUT2D eigenvalue weighted by molar-refractivity contribution is 6.04. The van der Waals surface area contributed by atoms with E-state index >= 15 is 0 Å². The number of hydrogen-bond acceptors (Lipinski definition) is 6. The molecule has 0 unspecified atom stereocenters. The van der Waals surface area contributed by atoms with Gasteiger partial charge in [0.15, 0.2) is 0 Å². The third-order valence-corrected chi connectivity index (χ3v) is 6.84. The number of carbonyl (C=O) groups is 1. The molecule has 1 spiro atoms. The van der Waals surface area contributed by atoms with E-state index in [1.54, 1.807) is 0 Å². The molecule has 0 bridgehead atoms. The van der Waals surface area contributed by atoms with Crippen LogP contribution in [0, 0.1) is 11.6 Å². The Labute approximate surface area is 209 Å². The van der Waals surface area contributed by atoms with Crippen LogP contribution in [0.2, 0.25) is 0 Å². The maximum absolute atomic E-state index is 14.9. The molecular formula is C25H23F5N6O. The minimum Gasteiger partial charge on any atom is -0.399 e. The topological polar surface area (TPSA) is 87.4 Å². The lowest BCUT2D eigenvalue weighted by molar-refractivity contribution is -0.140. The molecule has 3 aromatic rings. The molecular weight excluding hydrogens is 495 g/mol. The standard InChI is InChI=1S/C25H23F5N6O/c1-13(17-7-15(31)8-19(20(17)27)25(28,29)30)34-22-18-9-36(16-5-3-14(26)4-6-16)23(37)24(10-35(2)11-24)21(18)32-12-33-22/h3-8,12-13H,9-11,31H2,1-2H3,(H,32,33,34)/t13-/m1/s1. The minimum atomic E-state index is -4.92. The summed E-state index contributed by atoms with van der Waals surface area (Å²) in [5, 5.41) is 3.00. The summed E-state index contributed by atoms with van der Waals surface area (Å²) in [6.07, 6.45) is -3.65. The van der Waals surface area contributed by atoms with Gasteiger partial charge in [-0.05, 0) is 50.4 Å². The van der Waals surface area contributed by atoms with Crippen LogP contribution >= 0.6 is 0 Å². The smallest absolute Gasteiger partial charge is 0.399 e. The zero-order chi connectivity index (χ0) is 26.7. The Morgan fingerprint density at radius 1 is 1.11 bits per heavy atom. The van der Waals surface area contributed by atoms with Gasteiger partial charge in [0.25, 0.3) is 0 Å². The number of aromatic nitrogens is 2. The van der Waals surface area contributed by atoms with Crippen molar-refractivity contribution in [2.45, 2.75) is 31.1 Å². The number of alkyl halides is 3. The largest absolute Gasteiger partial charge is 0.419 e. The van der Waals surface area contributed by atoms with Gasteiger partial charge in [0, 0.05) is 35.6 Å². The van der Waals surface area contributed by atoms with Crippen LogP contribution < -0.4 is 16.0 Å². The fourth-order valence-corrected chi connectivity index (χ4v) is 5.15. The van der Waals surface area contributed by atoms with Crippen LogP contribution in [0.1, 0.15) is 35.3 Å². The van der Waals surface area contributed by atoms with Gasteiger partial charge in [-0.1, -0.05) is 0 Å². The van der Waals surface area contributed by atoms with Crippen LogP contribution in [0.5, 0.6) is 0 Å². The van der Waals surface area contributed by atoms with Crippen molar-refractivity contribution in [3.63, 3.8) is 0 Å². The number of benzene rings is 2. The van der Waals surface area contributed by atoms with E-state index in [4.69, 9.17) is 5.73 Å². The van der Waals surface area contributed by atoms with Crippen LogP contribution in [-0.2, 0) is 22.9 Å². The Kier molecular flexibility index (Phi) is 5.81. The normalized spacial score (nSPS) is 17.9. The summed E-state index contributed by atoms with van der Waals surface area (Å²) in [5.41, 5.74) is 4.25. The molecule has 1 saturated heterocycles. The summed E-state index contributed by atoms with van der Waals surface area (Å²) in [7, 11) is 1.86. The number of rotatable bonds is 4. The molecule has 194 valence electrons. The fourth-order valence-electron chi connectivity index (χ4n) is 5.15. The number of nitrogen functional groups attached to an aromatic ring is 1. The van der Waals surface area contributed by atoms with Crippen molar-refractivity contribution in [1.29, 1.82) is 0 Å². The van der Waals surface area contributed by atoms with Crippen LogP contribution in [-0.4, -0.2) is 40.9 Å². The molecule has 0 aliphatic carbocycles. The Hall–Kier alpha value is -3.80. The highest BCUT2D eigenvalue weighted by Crippen LogP contribution is 2.44. The van der Waals surface area contributed by atoms with Gasteiger partial charge in [-0.15, -0.1) is 0 Å². The lowest BCUT2D eigenvalue weighted by atomic mass is 9.71. The molecule has 12 heteroatoms. The molecule has 37 heavy (non-hydrogen) atoms. The van der Waals surface area contributed by atoms with E-state index in [1.807, 2.05) is 11.9 Å². The quantitative estimate of drug-likeness (QED) is 0.397. The molecule has 3 heterocycles. The monoisotopic (exact) mass is 518 g/mol. The first-order chi connectivity index (χ1) is 17.4. The summed E-state index contributed by atoms with van der Waals surface area (Å²) >= 11 is 0. The predicted octanol–water partition coefficient (Wildman–Crippen LogP) is 4.26. The molecule has 5 rings (SSSR count). The average Bonchev–Trinajstić information content (AvgIpc) is 2.81. The van der Waals surface area contributed by atoms with Gasteiger partial charge in [-0.2, -0.15) is 13.2 Å². The number of nitrogens with two attached hydrogens (primary N) is 1. The molecule has 2 aliphatic heterocycles. The van der Waals surface area contributed by atoms with Crippen molar-refractivity contribution in [2.24, 2.45) is 0 Å². The Bertz CT molecular complexity index is 1370. The SMILES string of the molecule is C[C@@H](Nc1ncnc2c1CN(c1ccc(F)cc1)C(=O)C21CN(C)C1)c1cc(N)cc(C(F)(F)F)c1F. The summed E-state index contributed by atoms with van der Waals surface area (Å²) in [6.45, 7) is 2.31.